The van der Waals surface area contributed by atoms with Crippen molar-refractivity contribution in [3.05, 3.63) is 98.6 Å². The number of Topliss-reactive ketones (excluding diaryl/α,β-unsaturated/α-hetero) is 1. The Morgan fingerprint density at radius 2 is 1.36 bits per heavy atom. The van der Waals surface area contributed by atoms with E-state index in [2.05, 4.69) is 6.92 Å². The molecular formula is C29H31NO3. The Bertz CT molecular complexity index is 1260. The van der Waals surface area contributed by atoms with E-state index >= 15 is 0 Å². The number of nitrogens with zero attached hydrogens (tertiary/aromatic N) is 1. The average molecular weight is 442 g/mol. The highest BCUT2D eigenvalue weighted by atomic mass is 16.3. The first kappa shape index (κ1) is 22.9. The van der Waals surface area contributed by atoms with Crippen molar-refractivity contribution in [2.24, 2.45) is 0 Å². The Morgan fingerprint density at radius 1 is 0.818 bits per heavy atom. The SMILES string of the molecule is Cc1ccccc1CN1C(=O)[C@](O)(CC(=O)c2c(C)c(C)c(C)c(C)c2C)c2ccccc21. The summed E-state index contributed by atoms with van der Waals surface area (Å²) in [5, 5.41) is 11.7. The second kappa shape index (κ2) is 8.27. The number of hydrogen-bond donors (Lipinski definition) is 1. The van der Waals surface area contributed by atoms with E-state index in [1.807, 2.05) is 71.0 Å². The van der Waals surface area contributed by atoms with Crippen molar-refractivity contribution >= 4 is 17.4 Å². The van der Waals surface area contributed by atoms with Crippen LogP contribution in [0.15, 0.2) is 48.5 Å². The largest absolute Gasteiger partial charge is 0.375 e. The fourth-order valence-corrected chi connectivity index (χ4v) is 5.03. The molecule has 4 heteroatoms. The number of ketones is 1. The highest BCUT2D eigenvalue weighted by Gasteiger charge is 2.51. The van der Waals surface area contributed by atoms with Gasteiger partial charge in [0.2, 0.25) is 0 Å². The van der Waals surface area contributed by atoms with Gasteiger partial charge in [-0.3, -0.25) is 9.59 Å². The lowest BCUT2D eigenvalue weighted by atomic mass is 9.82. The number of fused-ring (bicyclic) bond motifs is 1. The summed E-state index contributed by atoms with van der Waals surface area (Å²) in [7, 11) is 0. The molecule has 0 unspecified atom stereocenters. The third-order valence-electron chi connectivity index (χ3n) is 7.52. The zero-order chi connectivity index (χ0) is 24.1. The van der Waals surface area contributed by atoms with E-state index in [1.54, 1.807) is 17.0 Å². The van der Waals surface area contributed by atoms with Gasteiger partial charge in [0.25, 0.3) is 5.91 Å². The van der Waals surface area contributed by atoms with E-state index < -0.39 is 11.5 Å². The molecule has 1 atom stereocenters. The maximum absolute atomic E-state index is 13.6. The maximum Gasteiger partial charge on any atom is 0.264 e. The van der Waals surface area contributed by atoms with E-state index in [1.165, 1.54) is 5.56 Å². The molecule has 0 aromatic heterocycles. The number of para-hydroxylation sites is 1. The Labute approximate surface area is 195 Å². The Morgan fingerprint density at radius 3 is 2.00 bits per heavy atom. The summed E-state index contributed by atoms with van der Waals surface area (Å²) >= 11 is 0. The molecule has 1 amide bonds. The van der Waals surface area contributed by atoms with E-state index in [4.69, 9.17) is 0 Å². The number of aryl methyl sites for hydroxylation is 1. The second-order valence-electron chi connectivity index (χ2n) is 9.30. The smallest absolute Gasteiger partial charge is 0.264 e. The first-order valence-corrected chi connectivity index (χ1v) is 11.4. The molecule has 0 bridgehead atoms. The normalized spacial score (nSPS) is 17.4. The van der Waals surface area contributed by atoms with Gasteiger partial charge in [-0.1, -0.05) is 42.5 Å². The maximum atomic E-state index is 13.6. The lowest BCUT2D eigenvalue weighted by Gasteiger charge is -2.25. The molecule has 3 aromatic carbocycles. The molecule has 3 aromatic rings. The fraction of sp³-hybridized carbons (Fsp3) is 0.310. The zero-order valence-electron chi connectivity index (χ0n) is 20.2. The van der Waals surface area contributed by atoms with E-state index in [9.17, 15) is 14.7 Å². The number of hydrogen-bond acceptors (Lipinski definition) is 3. The van der Waals surface area contributed by atoms with Crippen LogP contribution in [-0.2, 0) is 16.9 Å². The van der Waals surface area contributed by atoms with Gasteiger partial charge in [0.1, 0.15) is 0 Å². The second-order valence-corrected chi connectivity index (χ2v) is 9.30. The van der Waals surface area contributed by atoms with Gasteiger partial charge in [0, 0.05) is 11.1 Å². The topological polar surface area (TPSA) is 57.6 Å². The van der Waals surface area contributed by atoms with Crippen molar-refractivity contribution in [2.45, 2.75) is 60.1 Å². The molecular weight excluding hydrogens is 410 g/mol. The van der Waals surface area contributed by atoms with Crippen LogP contribution in [0.1, 0.15) is 61.3 Å². The molecule has 1 aliphatic rings. The monoisotopic (exact) mass is 441 g/mol. The average Bonchev–Trinajstić information content (AvgIpc) is 3.00. The van der Waals surface area contributed by atoms with Crippen molar-refractivity contribution in [1.82, 2.24) is 0 Å². The third kappa shape index (κ3) is 3.59. The Hall–Kier alpha value is -3.24. The van der Waals surface area contributed by atoms with Crippen molar-refractivity contribution in [3.63, 3.8) is 0 Å². The van der Waals surface area contributed by atoms with Gasteiger partial charge in [0.15, 0.2) is 11.4 Å². The van der Waals surface area contributed by atoms with Crippen molar-refractivity contribution in [1.29, 1.82) is 0 Å². The molecule has 0 saturated carbocycles. The number of benzene rings is 3. The molecule has 4 rings (SSSR count). The summed E-state index contributed by atoms with van der Waals surface area (Å²) in [6, 6.07) is 15.1. The standard InChI is InChI=1S/C29H31NO3/c1-17-11-7-8-12-23(17)16-30-25-14-10-9-13-24(25)29(33,28(30)32)15-26(31)27-21(5)19(3)18(2)20(4)22(27)6/h7-14,33H,15-16H2,1-6H3/t29-/m0/s1. The van der Waals surface area contributed by atoms with Crippen LogP contribution >= 0.6 is 0 Å². The minimum atomic E-state index is -1.89. The molecule has 170 valence electrons. The van der Waals surface area contributed by atoms with E-state index in [0.717, 1.165) is 33.4 Å². The number of anilines is 1. The van der Waals surface area contributed by atoms with Crippen LogP contribution in [0, 0.1) is 41.5 Å². The number of carbonyl (C=O) groups excluding carboxylic acids is 2. The third-order valence-corrected chi connectivity index (χ3v) is 7.52. The molecule has 1 N–H and O–H groups in total. The molecule has 33 heavy (non-hydrogen) atoms. The van der Waals surface area contributed by atoms with Crippen LogP contribution in [0.5, 0.6) is 0 Å². The van der Waals surface area contributed by atoms with Crippen molar-refractivity contribution in [3.8, 4) is 0 Å². The molecule has 0 aliphatic carbocycles. The molecule has 0 spiro atoms. The summed E-state index contributed by atoms with van der Waals surface area (Å²) in [5.41, 5.74) is 7.12. The van der Waals surface area contributed by atoms with Crippen molar-refractivity contribution < 1.29 is 14.7 Å². The van der Waals surface area contributed by atoms with Gasteiger partial charge >= 0.3 is 0 Å². The fourth-order valence-electron chi connectivity index (χ4n) is 5.03. The first-order chi connectivity index (χ1) is 15.6. The molecule has 0 fully saturated rings. The predicted molar refractivity (Wildman–Crippen MR) is 132 cm³/mol. The van der Waals surface area contributed by atoms with Crippen LogP contribution < -0.4 is 4.90 Å². The molecule has 0 radical (unpaired) electrons. The van der Waals surface area contributed by atoms with Gasteiger partial charge in [0.05, 0.1) is 18.7 Å². The van der Waals surface area contributed by atoms with Crippen LogP contribution in [0.4, 0.5) is 5.69 Å². The van der Waals surface area contributed by atoms with Gasteiger partial charge in [-0.25, -0.2) is 0 Å². The van der Waals surface area contributed by atoms with Gasteiger partial charge in [-0.05, 0) is 86.6 Å². The first-order valence-electron chi connectivity index (χ1n) is 11.4. The van der Waals surface area contributed by atoms with Crippen LogP contribution in [-0.4, -0.2) is 16.8 Å². The van der Waals surface area contributed by atoms with Crippen molar-refractivity contribution in [2.75, 3.05) is 4.90 Å². The van der Waals surface area contributed by atoms with Gasteiger partial charge < -0.3 is 10.0 Å². The van der Waals surface area contributed by atoms with Crippen LogP contribution in [0.3, 0.4) is 0 Å². The molecule has 1 aliphatic heterocycles. The van der Waals surface area contributed by atoms with Gasteiger partial charge in [-0.2, -0.15) is 0 Å². The van der Waals surface area contributed by atoms with Gasteiger partial charge in [-0.15, -0.1) is 0 Å². The minimum Gasteiger partial charge on any atom is -0.375 e. The minimum absolute atomic E-state index is 0.209. The molecule has 1 heterocycles. The van der Waals surface area contributed by atoms with Crippen LogP contribution in [0.25, 0.3) is 0 Å². The zero-order valence-corrected chi connectivity index (χ0v) is 20.2. The lowest BCUT2D eigenvalue weighted by Crippen LogP contribution is -2.41. The Balaban J connectivity index is 1.75. The summed E-state index contributed by atoms with van der Waals surface area (Å²) in [6.07, 6.45) is -0.281. The number of carbonyl (C=O) groups is 2. The highest BCUT2D eigenvalue weighted by molar-refractivity contribution is 6.11. The summed E-state index contributed by atoms with van der Waals surface area (Å²) in [5.74, 6) is -0.657. The summed E-state index contributed by atoms with van der Waals surface area (Å²) in [6.45, 7) is 12.3. The lowest BCUT2D eigenvalue weighted by molar-refractivity contribution is -0.136. The molecule has 4 nitrogen and oxygen atoms in total. The van der Waals surface area contributed by atoms with E-state index in [0.29, 0.717) is 23.4 Å². The van der Waals surface area contributed by atoms with Crippen LogP contribution in [0.2, 0.25) is 0 Å². The Kier molecular flexibility index (Phi) is 5.75. The number of amides is 1. The number of aliphatic hydroxyl groups is 1. The summed E-state index contributed by atoms with van der Waals surface area (Å²) in [4.78, 5) is 28.9. The van der Waals surface area contributed by atoms with E-state index in [-0.39, 0.29) is 12.2 Å². The quantitative estimate of drug-likeness (QED) is 0.529. The number of rotatable bonds is 5. The summed E-state index contributed by atoms with van der Waals surface area (Å²) < 4.78 is 0. The molecule has 0 saturated heterocycles. The predicted octanol–water partition coefficient (Wildman–Crippen LogP) is 5.54. The highest BCUT2D eigenvalue weighted by Crippen LogP contribution is 2.44.